The maximum atomic E-state index is 12.4. The zero-order valence-corrected chi connectivity index (χ0v) is 14.3. The second-order valence-corrected chi connectivity index (χ2v) is 8.17. The molecule has 106 valence electrons. The first kappa shape index (κ1) is 15.5. The van der Waals surface area contributed by atoms with Crippen LogP contribution in [-0.4, -0.2) is 29.9 Å². The van der Waals surface area contributed by atoms with Gasteiger partial charge in [0.15, 0.2) is 0 Å². The normalized spacial score (nSPS) is 29.8. The minimum atomic E-state index is 0. The van der Waals surface area contributed by atoms with Gasteiger partial charge in [-0.3, -0.25) is 4.79 Å². The van der Waals surface area contributed by atoms with Crippen molar-refractivity contribution >= 4 is 52.2 Å². The van der Waals surface area contributed by atoms with Crippen molar-refractivity contribution in [1.29, 1.82) is 0 Å². The molecule has 1 aromatic rings. The lowest BCUT2D eigenvalue weighted by Gasteiger charge is -2.29. The summed E-state index contributed by atoms with van der Waals surface area (Å²) in [5, 5.41) is 1.96. The summed E-state index contributed by atoms with van der Waals surface area (Å²) in [4.78, 5) is 14.4. The maximum Gasteiger partial charge on any atom is 0.254 e. The summed E-state index contributed by atoms with van der Waals surface area (Å²) < 4.78 is 1.17. The molecule has 0 spiro atoms. The Morgan fingerprint density at radius 3 is 2.84 bits per heavy atom. The van der Waals surface area contributed by atoms with E-state index >= 15 is 0 Å². The molecule has 0 radical (unpaired) electrons. The number of carbonyl (C=O) groups is 1. The molecule has 2 N–H and O–H groups in total. The average Bonchev–Trinajstić information content (AvgIpc) is 2.95. The fraction of sp³-hybridized carbons (Fsp3) is 0.615. The van der Waals surface area contributed by atoms with Crippen LogP contribution in [0, 0.1) is 14.7 Å². The molecule has 3 atom stereocenters. The Bertz CT molecular complexity index is 467. The van der Waals surface area contributed by atoms with Crippen LogP contribution >= 0.6 is 46.3 Å². The predicted molar refractivity (Wildman–Crippen MR) is 89.0 cm³/mol. The van der Waals surface area contributed by atoms with Crippen LogP contribution in [-0.2, 0) is 0 Å². The van der Waals surface area contributed by atoms with Gasteiger partial charge < -0.3 is 10.6 Å². The summed E-state index contributed by atoms with van der Waals surface area (Å²) >= 11 is 3.89. The first-order valence-electron chi connectivity index (χ1n) is 6.44. The summed E-state index contributed by atoms with van der Waals surface area (Å²) in [5.41, 5.74) is 7.03. The van der Waals surface area contributed by atoms with Crippen LogP contribution in [0.1, 0.15) is 29.6 Å². The van der Waals surface area contributed by atoms with Crippen molar-refractivity contribution in [3.8, 4) is 0 Å². The Labute approximate surface area is 137 Å². The molecule has 1 aliphatic carbocycles. The molecule has 1 aliphatic heterocycles. The monoisotopic (exact) mass is 412 g/mol. The van der Waals surface area contributed by atoms with Crippen molar-refractivity contribution < 1.29 is 4.79 Å². The van der Waals surface area contributed by atoms with Gasteiger partial charge in [-0.15, -0.1) is 23.7 Å². The van der Waals surface area contributed by atoms with Crippen molar-refractivity contribution in [3.63, 3.8) is 0 Å². The van der Waals surface area contributed by atoms with E-state index in [-0.39, 0.29) is 18.3 Å². The number of rotatable bonds is 1. The van der Waals surface area contributed by atoms with Crippen LogP contribution in [0.15, 0.2) is 11.4 Å². The molecule has 1 saturated heterocycles. The Balaban J connectivity index is 0.00000133. The van der Waals surface area contributed by atoms with E-state index in [1.807, 2.05) is 16.3 Å². The van der Waals surface area contributed by atoms with Gasteiger partial charge in [0.1, 0.15) is 0 Å². The Morgan fingerprint density at radius 2 is 2.21 bits per heavy atom. The molecule has 3 nitrogen and oxygen atoms in total. The van der Waals surface area contributed by atoms with Crippen LogP contribution in [0.25, 0.3) is 0 Å². The Hall–Kier alpha value is 0.150. The number of halogens is 2. The number of likely N-dealkylation sites (tertiary alicyclic amines) is 1. The van der Waals surface area contributed by atoms with Crippen molar-refractivity contribution in [1.82, 2.24) is 4.90 Å². The molecular formula is C13H18ClIN2OS. The Kier molecular flexibility index (Phi) is 5.14. The highest BCUT2D eigenvalue weighted by molar-refractivity contribution is 14.1. The average molecular weight is 413 g/mol. The molecular weight excluding hydrogens is 395 g/mol. The quantitative estimate of drug-likeness (QED) is 0.721. The lowest BCUT2D eigenvalue weighted by atomic mass is 9.78. The molecule has 1 saturated carbocycles. The summed E-state index contributed by atoms with van der Waals surface area (Å²) in [6.45, 7) is 1.76. The standard InChI is InChI=1S/C13H17IN2OS.ClH/c14-12-4-9(7-18-12)13(17)16-5-8-2-1-3-11(15)10(8)6-16;/h4,7-8,10-11H,1-3,5-6,15H2;1H. The third-order valence-electron chi connectivity index (χ3n) is 4.26. The smallest absolute Gasteiger partial charge is 0.254 e. The van der Waals surface area contributed by atoms with E-state index in [2.05, 4.69) is 22.6 Å². The van der Waals surface area contributed by atoms with E-state index in [1.54, 1.807) is 11.3 Å². The largest absolute Gasteiger partial charge is 0.338 e. The van der Waals surface area contributed by atoms with Crippen LogP contribution < -0.4 is 5.73 Å². The molecule has 0 aromatic carbocycles. The number of carbonyl (C=O) groups excluding carboxylic acids is 1. The zero-order chi connectivity index (χ0) is 12.7. The van der Waals surface area contributed by atoms with E-state index in [4.69, 9.17) is 5.73 Å². The lowest BCUT2D eigenvalue weighted by Crippen LogP contribution is -2.38. The molecule has 3 rings (SSSR count). The van der Waals surface area contributed by atoms with Gasteiger partial charge in [0, 0.05) is 24.5 Å². The number of nitrogens with two attached hydrogens (primary N) is 1. The Morgan fingerprint density at radius 1 is 1.42 bits per heavy atom. The van der Waals surface area contributed by atoms with E-state index in [9.17, 15) is 4.79 Å². The van der Waals surface area contributed by atoms with Crippen LogP contribution in [0.2, 0.25) is 0 Å². The van der Waals surface area contributed by atoms with E-state index in [0.29, 0.717) is 17.9 Å². The van der Waals surface area contributed by atoms with Gasteiger partial charge in [-0.1, -0.05) is 6.42 Å². The highest BCUT2D eigenvalue weighted by Crippen LogP contribution is 2.36. The summed E-state index contributed by atoms with van der Waals surface area (Å²) in [6.07, 6.45) is 3.59. The number of thiophene rings is 1. The van der Waals surface area contributed by atoms with Crippen molar-refractivity contribution in [2.75, 3.05) is 13.1 Å². The SMILES string of the molecule is Cl.NC1CCCC2CN(C(=O)c3csc(I)c3)CC12. The molecule has 2 heterocycles. The van der Waals surface area contributed by atoms with Gasteiger partial charge in [0.25, 0.3) is 5.91 Å². The number of hydrogen-bond donors (Lipinski definition) is 1. The van der Waals surface area contributed by atoms with Crippen molar-refractivity contribution in [2.45, 2.75) is 25.3 Å². The molecule has 2 fully saturated rings. The molecule has 3 unspecified atom stereocenters. The molecule has 1 amide bonds. The number of amides is 1. The summed E-state index contributed by atoms with van der Waals surface area (Å²) in [7, 11) is 0. The zero-order valence-electron chi connectivity index (χ0n) is 10.5. The second-order valence-electron chi connectivity index (χ2n) is 5.37. The topological polar surface area (TPSA) is 46.3 Å². The van der Waals surface area contributed by atoms with Crippen LogP contribution in [0.4, 0.5) is 0 Å². The second kappa shape index (κ2) is 6.28. The fourth-order valence-corrected chi connectivity index (χ4v) is 4.61. The van der Waals surface area contributed by atoms with E-state index < -0.39 is 0 Å². The number of nitrogens with zero attached hydrogens (tertiary/aromatic N) is 1. The van der Waals surface area contributed by atoms with E-state index in [0.717, 1.165) is 25.1 Å². The maximum absolute atomic E-state index is 12.4. The van der Waals surface area contributed by atoms with Gasteiger partial charge in [-0.2, -0.15) is 0 Å². The minimum Gasteiger partial charge on any atom is -0.338 e. The number of fused-ring (bicyclic) bond motifs is 1. The van der Waals surface area contributed by atoms with Crippen molar-refractivity contribution in [2.24, 2.45) is 17.6 Å². The summed E-state index contributed by atoms with van der Waals surface area (Å²) in [6, 6.07) is 2.28. The molecule has 1 aromatic heterocycles. The van der Waals surface area contributed by atoms with Gasteiger partial charge in [0.05, 0.1) is 8.45 Å². The molecule has 6 heteroatoms. The molecule has 19 heavy (non-hydrogen) atoms. The number of hydrogen-bond acceptors (Lipinski definition) is 3. The van der Waals surface area contributed by atoms with Crippen LogP contribution in [0.5, 0.6) is 0 Å². The molecule has 0 bridgehead atoms. The van der Waals surface area contributed by atoms with Gasteiger partial charge in [-0.05, 0) is 53.3 Å². The third-order valence-corrected chi connectivity index (χ3v) is 6.04. The fourth-order valence-electron chi connectivity index (χ4n) is 3.29. The minimum absolute atomic E-state index is 0. The first-order valence-corrected chi connectivity index (χ1v) is 8.40. The first-order chi connectivity index (χ1) is 8.65. The highest BCUT2D eigenvalue weighted by atomic mass is 127. The van der Waals surface area contributed by atoms with Crippen molar-refractivity contribution in [3.05, 3.63) is 19.9 Å². The van der Waals surface area contributed by atoms with Gasteiger partial charge in [-0.25, -0.2) is 0 Å². The van der Waals surface area contributed by atoms with E-state index in [1.165, 1.54) is 15.7 Å². The predicted octanol–water partition coefficient (Wildman–Crippen LogP) is 2.97. The third kappa shape index (κ3) is 3.09. The van der Waals surface area contributed by atoms with Gasteiger partial charge >= 0.3 is 0 Å². The summed E-state index contributed by atoms with van der Waals surface area (Å²) in [5.74, 6) is 1.35. The van der Waals surface area contributed by atoms with Gasteiger partial charge in [0.2, 0.25) is 0 Å². The van der Waals surface area contributed by atoms with Crippen LogP contribution in [0.3, 0.4) is 0 Å². The highest BCUT2D eigenvalue weighted by Gasteiger charge is 2.40. The molecule has 2 aliphatic rings. The lowest BCUT2D eigenvalue weighted by molar-refractivity contribution is 0.0784.